The van der Waals surface area contributed by atoms with Crippen LogP contribution in [0.5, 0.6) is 0 Å². The molecule has 166 valence electrons. The third kappa shape index (κ3) is 4.36. The van der Waals surface area contributed by atoms with E-state index in [-0.39, 0.29) is 23.5 Å². The third-order valence-corrected chi connectivity index (χ3v) is 4.76. The highest BCUT2D eigenvalue weighted by atomic mass is 16.5. The molecule has 0 bridgehead atoms. The van der Waals surface area contributed by atoms with Crippen molar-refractivity contribution in [3.05, 3.63) is 48.4 Å². The summed E-state index contributed by atoms with van der Waals surface area (Å²) in [5, 5.41) is 19.4. The maximum Gasteiger partial charge on any atom is 0.273 e. The molecule has 0 saturated heterocycles. The predicted octanol–water partition coefficient (Wildman–Crippen LogP) is 0.777. The highest BCUT2D eigenvalue weighted by Gasteiger charge is 2.17. The summed E-state index contributed by atoms with van der Waals surface area (Å²) in [6, 6.07) is 9.37. The second-order valence-corrected chi connectivity index (χ2v) is 7.19. The van der Waals surface area contributed by atoms with Gasteiger partial charge in [0.1, 0.15) is 0 Å². The molecule has 1 aromatic carbocycles. The summed E-state index contributed by atoms with van der Waals surface area (Å²) in [5.74, 6) is 0.448. The Labute approximate surface area is 183 Å². The number of rotatable bonds is 9. The van der Waals surface area contributed by atoms with Gasteiger partial charge in [-0.1, -0.05) is 6.07 Å². The number of amides is 1. The summed E-state index contributed by atoms with van der Waals surface area (Å²) in [6.07, 6.45) is 3.80. The van der Waals surface area contributed by atoms with Gasteiger partial charge in [-0.15, -0.1) is 10.2 Å². The smallest absolute Gasteiger partial charge is 0.273 e. The third-order valence-electron chi connectivity index (χ3n) is 4.76. The van der Waals surface area contributed by atoms with Gasteiger partial charge in [0.2, 0.25) is 5.95 Å². The molecule has 0 aliphatic heterocycles. The molecule has 0 saturated carbocycles. The molecule has 1 atom stereocenters. The first kappa shape index (κ1) is 21.2. The molecule has 0 aliphatic carbocycles. The van der Waals surface area contributed by atoms with E-state index in [1.54, 1.807) is 11.8 Å². The van der Waals surface area contributed by atoms with Gasteiger partial charge in [-0.05, 0) is 18.2 Å². The minimum Gasteiger partial charge on any atom is -0.383 e. The maximum absolute atomic E-state index is 11.9. The van der Waals surface area contributed by atoms with E-state index in [1.807, 2.05) is 54.3 Å². The quantitative estimate of drug-likeness (QED) is 0.297. The minimum absolute atomic E-state index is 0.0714. The van der Waals surface area contributed by atoms with Gasteiger partial charge in [-0.3, -0.25) is 14.0 Å². The fourth-order valence-electron chi connectivity index (χ4n) is 3.28. The highest BCUT2D eigenvalue weighted by Crippen LogP contribution is 2.29. The zero-order chi connectivity index (χ0) is 22.7. The highest BCUT2D eigenvalue weighted by molar-refractivity contribution is 5.99. The van der Waals surface area contributed by atoms with Gasteiger partial charge in [0.15, 0.2) is 17.3 Å². The van der Waals surface area contributed by atoms with Crippen LogP contribution in [0.4, 0.5) is 17.5 Å². The van der Waals surface area contributed by atoms with E-state index >= 15 is 0 Å². The van der Waals surface area contributed by atoms with Crippen LogP contribution in [-0.4, -0.2) is 61.7 Å². The summed E-state index contributed by atoms with van der Waals surface area (Å²) in [5.41, 5.74) is 13.0. The molecule has 32 heavy (non-hydrogen) atoms. The van der Waals surface area contributed by atoms with Crippen molar-refractivity contribution in [2.24, 2.45) is 18.5 Å². The van der Waals surface area contributed by atoms with Crippen molar-refractivity contribution < 1.29 is 9.53 Å². The summed E-state index contributed by atoms with van der Waals surface area (Å²) in [6.45, 7) is 0.744. The van der Waals surface area contributed by atoms with Crippen molar-refractivity contribution >= 4 is 34.3 Å². The van der Waals surface area contributed by atoms with E-state index in [1.165, 1.54) is 0 Å². The van der Waals surface area contributed by atoms with Gasteiger partial charge in [0.25, 0.3) is 5.91 Å². The van der Waals surface area contributed by atoms with Crippen LogP contribution in [0.25, 0.3) is 16.7 Å². The van der Waals surface area contributed by atoms with Crippen LogP contribution in [0.1, 0.15) is 10.5 Å². The van der Waals surface area contributed by atoms with Crippen LogP contribution < -0.4 is 22.1 Å². The molecule has 0 spiro atoms. The number of primary amides is 1. The van der Waals surface area contributed by atoms with Crippen molar-refractivity contribution in [2.75, 3.05) is 30.9 Å². The van der Waals surface area contributed by atoms with Gasteiger partial charge in [0.05, 0.1) is 12.1 Å². The predicted molar refractivity (Wildman–Crippen MR) is 120 cm³/mol. The molecule has 1 amide bonds. The molecule has 0 fully saturated rings. The number of hydrogen-bond donors (Lipinski definition) is 4. The van der Waals surface area contributed by atoms with E-state index in [9.17, 15) is 4.79 Å². The van der Waals surface area contributed by atoms with Crippen molar-refractivity contribution in [1.29, 1.82) is 0 Å². The number of nitrogens with two attached hydrogens (primary N) is 2. The van der Waals surface area contributed by atoms with Crippen LogP contribution in [-0.2, 0) is 11.8 Å². The van der Waals surface area contributed by atoms with Crippen molar-refractivity contribution in [1.82, 2.24) is 29.5 Å². The molecule has 6 N–H and O–H groups in total. The summed E-state index contributed by atoms with van der Waals surface area (Å²) >= 11 is 0. The molecule has 0 aliphatic rings. The Hall–Kier alpha value is -4.03. The normalized spacial score (nSPS) is 12.1. The monoisotopic (exact) mass is 436 g/mol. The SMILES string of the molecule is COC[C@H](N)CNc1nnc(C(N)=O)c(Nc2cccc3c2ccn3-c2ccn(C)n2)n1. The number of aryl methyl sites for hydroxylation is 1. The van der Waals surface area contributed by atoms with Crippen molar-refractivity contribution in [3.63, 3.8) is 0 Å². The number of ether oxygens (including phenoxy) is 1. The lowest BCUT2D eigenvalue weighted by atomic mass is 10.2. The topological polar surface area (TPSA) is 164 Å². The Balaban J connectivity index is 1.66. The second-order valence-electron chi connectivity index (χ2n) is 7.19. The molecule has 0 radical (unpaired) electrons. The Morgan fingerprint density at radius 2 is 2.06 bits per heavy atom. The molecule has 3 aromatic heterocycles. The summed E-state index contributed by atoms with van der Waals surface area (Å²) in [4.78, 5) is 16.3. The Morgan fingerprint density at radius 3 is 2.78 bits per heavy atom. The summed E-state index contributed by atoms with van der Waals surface area (Å²) < 4.78 is 8.73. The first-order valence-electron chi connectivity index (χ1n) is 9.86. The number of nitrogens with one attached hydrogen (secondary N) is 2. The lowest BCUT2D eigenvalue weighted by Crippen LogP contribution is -2.34. The lowest BCUT2D eigenvalue weighted by Gasteiger charge is -2.13. The van der Waals surface area contributed by atoms with Crippen molar-refractivity contribution in [3.8, 4) is 5.82 Å². The maximum atomic E-state index is 11.9. The number of aromatic nitrogens is 6. The van der Waals surface area contributed by atoms with Crippen LogP contribution in [0.2, 0.25) is 0 Å². The number of benzene rings is 1. The molecule has 4 rings (SSSR count). The van der Waals surface area contributed by atoms with E-state index < -0.39 is 5.91 Å². The molecule has 3 heterocycles. The fraction of sp³-hybridized carbons (Fsp3) is 0.250. The van der Waals surface area contributed by atoms with Gasteiger partial charge in [-0.2, -0.15) is 10.1 Å². The van der Waals surface area contributed by atoms with E-state index in [4.69, 9.17) is 16.2 Å². The molecule has 12 nitrogen and oxygen atoms in total. The molecular formula is C20H24N10O2. The second kappa shape index (κ2) is 8.99. The number of carbonyl (C=O) groups is 1. The molecule has 12 heteroatoms. The van der Waals surface area contributed by atoms with Crippen LogP contribution in [0.3, 0.4) is 0 Å². The zero-order valence-electron chi connectivity index (χ0n) is 17.7. The number of carbonyl (C=O) groups excluding carboxylic acids is 1. The number of methoxy groups -OCH3 is 1. The lowest BCUT2D eigenvalue weighted by molar-refractivity contribution is 0.0995. The van der Waals surface area contributed by atoms with Crippen LogP contribution in [0.15, 0.2) is 42.7 Å². The first-order valence-corrected chi connectivity index (χ1v) is 9.86. The number of anilines is 3. The minimum atomic E-state index is -0.742. The first-order chi connectivity index (χ1) is 15.5. The average Bonchev–Trinajstić information content (AvgIpc) is 3.39. The molecule has 4 aromatic rings. The Bertz CT molecular complexity index is 1250. The van der Waals surface area contributed by atoms with E-state index in [0.717, 1.165) is 22.4 Å². The standard InChI is InChI=1S/C20H24N10O2/c1-29-8-7-16(28-29)30-9-6-13-14(4-3-5-15(13)30)24-19-17(18(22)31)26-27-20(25-19)23-10-12(21)11-32-2/h3-9,12H,10-11,21H2,1-2H3,(H2,22,31)(H2,23,24,25,27)/t12-/m1/s1. The average molecular weight is 436 g/mol. The number of fused-ring (bicyclic) bond motifs is 1. The van der Waals surface area contributed by atoms with Crippen LogP contribution >= 0.6 is 0 Å². The van der Waals surface area contributed by atoms with E-state index in [0.29, 0.717) is 13.2 Å². The molecule has 0 unspecified atom stereocenters. The van der Waals surface area contributed by atoms with Crippen LogP contribution in [0, 0.1) is 0 Å². The molecular weight excluding hydrogens is 412 g/mol. The van der Waals surface area contributed by atoms with Gasteiger partial charge < -0.3 is 26.8 Å². The van der Waals surface area contributed by atoms with Gasteiger partial charge in [0, 0.05) is 56.3 Å². The van der Waals surface area contributed by atoms with Gasteiger partial charge >= 0.3 is 0 Å². The van der Waals surface area contributed by atoms with Gasteiger partial charge in [-0.25, -0.2) is 0 Å². The Morgan fingerprint density at radius 1 is 1.22 bits per heavy atom. The largest absolute Gasteiger partial charge is 0.383 e. The van der Waals surface area contributed by atoms with E-state index in [2.05, 4.69) is 30.9 Å². The number of nitrogens with zero attached hydrogens (tertiary/aromatic N) is 6. The number of hydrogen-bond acceptors (Lipinski definition) is 9. The fourth-order valence-corrected chi connectivity index (χ4v) is 3.28. The zero-order valence-corrected chi connectivity index (χ0v) is 17.7. The summed E-state index contributed by atoms with van der Waals surface area (Å²) in [7, 11) is 3.44. The van der Waals surface area contributed by atoms with Crippen molar-refractivity contribution in [2.45, 2.75) is 6.04 Å². The Kier molecular flexibility index (Phi) is 5.96.